The third-order valence-corrected chi connectivity index (χ3v) is 5.41. The van der Waals surface area contributed by atoms with Gasteiger partial charge in [-0.3, -0.25) is 9.48 Å². The van der Waals surface area contributed by atoms with Gasteiger partial charge in [0, 0.05) is 37.5 Å². The van der Waals surface area contributed by atoms with Gasteiger partial charge in [-0.1, -0.05) is 32.0 Å². The number of carbonyl (C=O) groups is 1. The zero-order valence-electron chi connectivity index (χ0n) is 19.4. The first-order valence-electron chi connectivity index (χ1n) is 11.1. The van der Waals surface area contributed by atoms with Crippen LogP contribution < -0.4 is 15.9 Å². The summed E-state index contributed by atoms with van der Waals surface area (Å²) in [7, 11) is 1.87. The van der Waals surface area contributed by atoms with Crippen molar-refractivity contribution in [3.05, 3.63) is 94.2 Å². The minimum atomic E-state index is -0.878. The maximum Gasteiger partial charge on any atom is 0.409 e. The molecule has 0 spiro atoms. The monoisotopic (exact) mass is 457 g/mol. The van der Waals surface area contributed by atoms with Crippen molar-refractivity contribution in [3.8, 4) is 22.6 Å². The van der Waals surface area contributed by atoms with Crippen LogP contribution in [-0.4, -0.2) is 25.7 Å². The molecule has 0 radical (unpaired) electrons. The molecule has 0 saturated carbocycles. The molecule has 0 fully saturated rings. The van der Waals surface area contributed by atoms with Crippen LogP contribution in [0.5, 0.6) is 5.75 Å². The summed E-state index contributed by atoms with van der Waals surface area (Å²) >= 11 is 0. The fraction of sp³-hybridized carbons (Fsp3) is 0.231. The highest BCUT2D eigenvalue weighted by Crippen LogP contribution is 2.24. The van der Waals surface area contributed by atoms with Crippen LogP contribution in [0, 0.1) is 5.92 Å². The maximum atomic E-state index is 12.7. The number of nitrogens with two attached hydrogens (primary N) is 1. The first-order chi connectivity index (χ1) is 16.3. The van der Waals surface area contributed by atoms with Crippen molar-refractivity contribution in [2.24, 2.45) is 18.7 Å². The standard InChI is InChI=1S/C26H27N5O3/c1-17(2)11-19-7-8-23(34-26(27)33)13-20(19)14-24-25(32)9-10-31(29-24)22-6-4-5-18(12-22)21-15-28-30(3)16-21/h4-10,12-13,15-17H,11,14H2,1-3H3,(H2,27,33). The van der Waals surface area contributed by atoms with E-state index < -0.39 is 6.09 Å². The average Bonchev–Trinajstić information content (AvgIpc) is 3.23. The molecule has 8 heteroatoms. The first-order valence-corrected chi connectivity index (χ1v) is 11.1. The quantitative estimate of drug-likeness (QED) is 0.453. The zero-order chi connectivity index (χ0) is 24.2. The number of aromatic nitrogens is 4. The first kappa shape index (κ1) is 23.0. The summed E-state index contributed by atoms with van der Waals surface area (Å²) in [5.74, 6) is 0.757. The Hall–Kier alpha value is -4.20. The Morgan fingerprint density at radius 1 is 1.09 bits per heavy atom. The molecule has 4 aromatic rings. The van der Waals surface area contributed by atoms with E-state index in [1.165, 1.54) is 6.07 Å². The molecule has 0 saturated heterocycles. The van der Waals surface area contributed by atoms with Crippen LogP contribution in [-0.2, 0) is 19.9 Å². The number of benzene rings is 2. The number of hydrogen-bond acceptors (Lipinski definition) is 5. The number of carbonyl (C=O) groups excluding carboxylic acids is 1. The molecule has 0 aliphatic carbocycles. The second kappa shape index (κ2) is 9.74. The summed E-state index contributed by atoms with van der Waals surface area (Å²) in [5.41, 5.74) is 10.2. The van der Waals surface area contributed by atoms with Gasteiger partial charge in [-0.2, -0.15) is 10.2 Å². The van der Waals surface area contributed by atoms with Crippen molar-refractivity contribution >= 4 is 6.09 Å². The fourth-order valence-electron chi connectivity index (χ4n) is 3.88. The topological polar surface area (TPSA) is 105 Å². The van der Waals surface area contributed by atoms with E-state index in [4.69, 9.17) is 10.5 Å². The van der Waals surface area contributed by atoms with E-state index in [1.54, 1.807) is 33.9 Å². The molecule has 1 amide bonds. The van der Waals surface area contributed by atoms with Crippen LogP contribution in [0.4, 0.5) is 4.79 Å². The molecule has 0 aliphatic rings. The van der Waals surface area contributed by atoms with E-state index in [1.807, 2.05) is 43.6 Å². The SMILES string of the molecule is CC(C)Cc1ccc(OC(N)=O)cc1Cc1nn(-c2cccc(-c3cnn(C)c3)c2)ccc1=O. The van der Waals surface area contributed by atoms with Crippen molar-refractivity contribution in [2.45, 2.75) is 26.7 Å². The molecule has 2 aromatic carbocycles. The molecular formula is C26H27N5O3. The van der Waals surface area contributed by atoms with Gasteiger partial charge in [0.05, 0.1) is 11.9 Å². The lowest BCUT2D eigenvalue weighted by Gasteiger charge is -2.14. The maximum absolute atomic E-state index is 12.7. The minimum absolute atomic E-state index is 0.156. The molecule has 2 N–H and O–H groups in total. The van der Waals surface area contributed by atoms with Gasteiger partial charge in [-0.25, -0.2) is 9.48 Å². The largest absolute Gasteiger partial charge is 0.410 e. The van der Waals surface area contributed by atoms with Gasteiger partial charge in [0.25, 0.3) is 0 Å². The highest BCUT2D eigenvalue weighted by atomic mass is 16.5. The van der Waals surface area contributed by atoms with E-state index in [2.05, 4.69) is 24.0 Å². The smallest absolute Gasteiger partial charge is 0.409 e. The van der Waals surface area contributed by atoms with Gasteiger partial charge in [0.2, 0.25) is 5.43 Å². The molecule has 34 heavy (non-hydrogen) atoms. The van der Waals surface area contributed by atoms with Gasteiger partial charge in [0.1, 0.15) is 11.4 Å². The normalized spacial score (nSPS) is 11.1. The number of amides is 1. The van der Waals surface area contributed by atoms with Crippen molar-refractivity contribution in [3.63, 3.8) is 0 Å². The molecule has 2 heterocycles. The molecule has 0 bridgehead atoms. The van der Waals surface area contributed by atoms with E-state index in [-0.39, 0.29) is 5.43 Å². The Morgan fingerprint density at radius 2 is 1.91 bits per heavy atom. The van der Waals surface area contributed by atoms with Crippen LogP contribution in [0.2, 0.25) is 0 Å². The predicted molar refractivity (Wildman–Crippen MR) is 130 cm³/mol. The molecule has 0 atom stereocenters. The fourth-order valence-corrected chi connectivity index (χ4v) is 3.88. The van der Waals surface area contributed by atoms with Crippen molar-refractivity contribution in [1.82, 2.24) is 19.6 Å². The lowest BCUT2D eigenvalue weighted by molar-refractivity contribution is 0.211. The third-order valence-electron chi connectivity index (χ3n) is 5.41. The average molecular weight is 458 g/mol. The summed E-state index contributed by atoms with van der Waals surface area (Å²) in [6, 6.07) is 14.8. The summed E-state index contributed by atoms with van der Waals surface area (Å²) in [5, 5.41) is 8.87. The van der Waals surface area contributed by atoms with E-state index in [0.717, 1.165) is 34.4 Å². The third kappa shape index (κ3) is 5.40. The van der Waals surface area contributed by atoms with Gasteiger partial charge in [-0.15, -0.1) is 0 Å². The number of primary amides is 1. The Bertz CT molecular complexity index is 1390. The Balaban J connectivity index is 1.70. The van der Waals surface area contributed by atoms with Crippen LogP contribution in [0.1, 0.15) is 30.7 Å². The molecule has 0 unspecified atom stereocenters. The van der Waals surface area contributed by atoms with Crippen LogP contribution in [0.3, 0.4) is 0 Å². The lowest BCUT2D eigenvalue weighted by Crippen LogP contribution is -2.18. The Labute approximate surface area is 197 Å². The van der Waals surface area contributed by atoms with Crippen LogP contribution >= 0.6 is 0 Å². The number of rotatable bonds is 7. The summed E-state index contributed by atoms with van der Waals surface area (Å²) in [6.07, 6.45) is 5.66. The van der Waals surface area contributed by atoms with Gasteiger partial charge in [-0.05, 0) is 53.3 Å². The highest BCUT2D eigenvalue weighted by molar-refractivity contribution is 5.68. The predicted octanol–water partition coefficient (Wildman–Crippen LogP) is 3.88. The van der Waals surface area contributed by atoms with Gasteiger partial charge < -0.3 is 10.5 Å². The number of aryl methyl sites for hydroxylation is 1. The molecule has 8 nitrogen and oxygen atoms in total. The molecule has 4 rings (SSSR count). The van der Waals surface area contributed by atoms with E-state index in [9.17, 15) is 9.59 Å². The van der Waals surface area contributed by atoms with Gasteiger partial charge >= 0.3 is 6.09 Å². The number of nitrogens with zero attached hydrogens (tertiary/aromatic N) is 4. The van der Waals surface area contributed by atoms with E-state index in [0.29, 0.717) is 23.8 Å². The number of ether oxygens (including phenoxy) is 1. The number of hydrogen-bond donors (Lipinski definition) is 1. The second-order valence-electron chi connectivity index (χ2n) is 8.65. The minimum Gasteiger partial charge on any atom is -0.410 e. The summed E-state index contributed by atoms with van der Waals surface area (Å²) in [4.78, 5) is 23.9. The van der Waals surface area contributed by atoms with Crippen molar-refractivity contribution in [1.29, 1.82) is 0 Å². The second-order valence-corrected chi connectivity index (χ2v) is 8.65. The van der Waals surface area contributed by atoms with Crippen molar-refractivity contribution < 1.29 is 9.53 Å². The van der Waals surface area contributed by atoms with Crippen LogP contribution in [0.15, 0.2) is 71.9 Å². The van der Waals surface area contributed by atoms with Gasteiger partial charge in [0.15, 0.2) is 0 Å². The van der Waals surface area contributed by atoms with E-state index >= 15 is 0 Å². The van der Waals surface area contributed by atoms with Crippen LogP contribution in [0.25, 0.3) is 16.8 Å². The Morgan fingerprint density at radius 3 is 2.62 bits per heavy atom. The lowest BCUT2D eigenvalue weighted by atomic mass is 9.95. The molecule has 0 aliphatic heterocycles. The molecule has 174 valence electrons. The highest BCUT2D eigenvalue weighted by Gasteiger charge is 2.13. The van der Waals surface area contributed by atoms with Crippen molar-refractivity contribution in [2.75, 3.05) is 0 Å². The molecule has 2 aromatic heterocycles. The molecular weight excluding hydrogens is 430 g/mol. The zero-order valence-corrected chi connectivity index (χ0v) is 19.4. The summed E-state index contributed by atoms with van der Waals surface area (Å²) < 4.78 is 8.51. The Kier molecular flexibility index (Phi) is 6.58. The summed E-state index contributed by atoms with van der Waals surface area (Å²) in [6.45, 7) is 4.25.